The van der Waals surface area contributed by atoms with Crippen LogP contribution >= 0.6 is 11.6 Å². The molecule has 1 aliphatic heterocycles. The third kappa shape index (κ3) is 4.24. The van der Waals surface area contributed by atoms with Crippen LogP contribution in [-0.2, 0) is 4.79 Å². The summed E-state index contributed by atoms with van der Waals surface area (Å²) in [6.07, 6.45) is 0.840. The number of carbonyl (C=O) groups is 1. The average molecular weight is 506 g/mol. The second-order valence-corrected chi connectivity index (χ2v) is 9.15. The fourth-order valence-corrected chi connectivity index (χ4v) is 5.16. The minimum absolute atomic E-state index is 0.0589. The highest BCUT2D eigenvalue weighted by Crippen LogP contribution is 2.46. The Morgan fingerprint density at radius 3 is 2.44 bits per heavy atom. The van der Waals surface area contributed by atoms with Crippen molar-refractivity contribution >= 4 is 34.4 Å². The van der Waals surface area contributed by atoms with E-state index in [0.717, 1.165) is 22.6 Å². The zero-order valence-electron chi connectivity index (χ0n) is 19.7. The Balaban J connectivity index is 1.62. The third-order valence-corrected chi connectivity index (χ3v) is 7.03. The topological polar surface area (TPSA) is 103 Å². The summed E-state index contributed by atoms with van der Waals surface area (Å²) in [5.74, 6) is 1.07. The van der Waals surface area contributed by atoms with Crippen molar-refractivity contribution < 1.29 is 19.2 Å². The molecule has 3 aromatic carbocycles. The molecule has 0 aromatic heterocycles. The van der Waals surface area contributed by atoms with Crippen molar-refractivity contribution in [2.75, 3.05) is 24.9 Å². The summed E-state index contributed by atoms with van der Waals surface area (Å²) >= 11 is 6.54. The number of nitro groups is 1. The molecule has 36 heavy (non-hydrogen) atoms. The number of Topliss-reactive ketones (excluding diaryl/α,β-unsaturated/α-hetero) is 1. The first-order valence-electron chi connectivity index (χ1n) is 11.4. The number of nitro benzene ring substituents is 1. The summed E-state index contributed by atoms with van der Waals surface area (Å²) in [6, 6.07) is 17.0. The van der Waals surface area contributed by atoms with E-state index >= 15 is 0 Å². The second kappa shape index (κ2) is 9.54. The Bertz CT molecular complexity index is 1400. The Kier molecular flexibility index (Phi) is 6.28. The number of nitrogens with one attached hydrogen (secondary N) is 2. The number of ether oxygens (including phenoxy) is 2. The Morgan fingerprint density at radius 2 is 1.72 bits per heavy atom. The molecule has 0 amide bonds. The lowest BCUT2D eigenvalue weighted by atomic mass is 9.78. The minimum atomic E-state index is -0.651. The average Bonchev–Trinajstić information content (AvgIpc) is 3.05. The molecule has 0 bridgehead atoms. The highest BCUT2D eigenvalue weighted by Gasteiger charge is 2.37. The van der Waals surface area contributed by atoms with Crippen LogP contribution in [0.5, 0.6) is 11.5 Å². The summed E-state index contributed by atoms with van der Waals surface area (Å²) in [5.41, 5.74) is 4.24. The molecule has 0 unspecified atom stereocenters. The Hall–Kier alpha value is -4.04. The van der Waals surface area contributed by atoms with Crippen molar-refractivity contribution in [2.24, 2.45) is 0 Å². The molecular weight excluding hydrogens is 482 g/mol. The third-order valence-electron chi connectivity index (χ3n) is 6.69. The number of nitrogens with zero attached hydrogens (tertiary/aromatic N) is 1. The number of methoxy groups -OCH3 is 2. The molecule has 3 aromatic rings. The molecule has 2 aliphatic rings. The number of hydrogen-bond donors (Lipinski definition) is 2. The number of rotatable bonds is 5. The number of non-ortho nitro benzene ring substituents is 1. The summed E-state index contributed by atoms with van der Waals surface area (Å²) in [5, 5.41) is 18.7. The van der Waals surface area contributed by atoms with Gasteiger partial charge in [-0.2, -0.15) is 0 Å². The Morgan fingerprint density at radius 1 is 0.972 bits per heavy atom. The van der Waals surface area contributed by atoms with Crippen LogP contribution in [0.4, 0.5) is 17.1 Å². The normalized spacial score (nSPS) is 18.8. The van der Waals surface area contributed by atoms with E-state index in [0.29, 0.717) is 34.1 Å². The van der Waals surface area contributed by atoms with Gasteiger partial charge in [0.25, 0.3) is 5.69 Å². The lowest BCUT2D eigenvalue weighted by molar-refractivity contribution is -0.384. The number of anilines is 2. The maximum Gasteiger partial charge on any atom is 0.269 e. The maximum atomic E-state index is 13.7. The molecule has 1 aliphatic carbocycles. The number of carbonyl (C=O) groups excluding carboxylic acids is 1. The summed E-state index contributed by atoms with van der Waals surface area (Å²) < 4.78 is 10.8. The van der Waals surface area contributed by atoms with E-state index < -0.39 is 11.0 Å². The van der Waals surface area contributed by atoms with E-state index in [-0.39, 0.29) is 23.8 Å². The van der Waals surface area contributed by atoms with E-state index in [1.807, 2.05) is 42.5 Å². The van der Waals surface area contributed by atoms with E-state index in [1.165, 1.54) is 18.2 Å². The van der Waals surface area contributed by atoms with Gasteiger partial charge in [0.05, 0.1) is 36.6 Å². The number of hydrogen-bond acceptors (Lipinski definition) is 7. The van der Waals surface area contributed by atoms with Gasteiger partial charge in [-0.1, -0.05) is 29.8 Å². The van der Waals surface area contributed by atoms with Crippen LogP contribution in [0.25, 0.3) is 0 Å². The van der Waals surface area contributed by atoms with E-state index in [9.17, 15) is 14.9 Å². The van der Waals surface area contributed by atoms with Crippen LogP contribution < -0.4 is 20.1 Å². The van der Waals surface area contributed by atoms with Gasteiger partial charge in [0.2, 0.25) is 0 Å². The molecule has 0 radical (unpaired) electrons. The molecule has 9 heteroatoms. The van der Waals surface area contributed by atoms with Crippen molar-refractivity contribution in [1.29, 1.82) is 0 Å². The van der Waals surface area contributed by atoms with Gasteiger partial charge in [-0.25, -0.2) is 0 Å². The molecule has 5 rings (SSSR count). The number of fused-ring (bicyclic) bond motifs is 1. The Labute approximate surface area is 213 Å². The molecule has 0 saturated heterocycles. The standard InChI is InChI=1S/C27H24ClN3O5/c1-35-24-10-7-15(13-25(24)36-2)16-11-22-26(23(32)12-16)27(30-21-6-4-3-5-20(21)29-22)18-14-17(31(33)34)8-9-19(18)28/h3-10,13-14,16,27,29-30H,11-12H2,1-2H3/t16-,27-/m0/s1. The highest BCUT2D eigenvalue weighted by atomic mass is 35.5. The number of ketones is 1. The zero-order valence-corrected chi connectivity index (χ0v) is 20.5. The monoisotopic (exact) mass is 505 g/mol. The minimum Gasteiger partial charge on any atom is -0.493 e. The predicted molar refractivity (Wildman–Crippen MR) is 138 cm³/mol. The second-order valence-electron chi connectivity index (χ2n) is 8.75. The van der Waals surface area contributed by atoms with Crippen molar-refractivity contribution in [3.05, 3.63) is 98.2 Å². The first-order chi connectivity index (χ1) is 17.4. The van der Waals surface area contributed by atoms with E-state index in [4.69, 9.17) is 21.1 Å². The summed E-state index contributed by atoms with van der Waals surface area (Å²) in [7, 11) is 3.16. The van der Waals surface area contributed by atoms with E-state index in [1.54, 1.807) is 14.2 Å². The molecule has 8 nitrogen and oxygen atoms in total. The number of benzene rings is 3. The van der Waals surface area contributed by atoms with Crippen LogP contribution in [0.2, 0.25) is 5.02 Å². The van der Waals surface area contributed by atoms with Crippen molar-refractivity contribution in [1.82, 2.24) is 0 Å². The molecule has 2 N–H and O–H groups in total. The molecule has 0 fully saturated rings. The van der Waals surface area contributed by atoms with Gasteiger partial charge in [0.15, 0.2) is 17.3 Å². The molecular formula is C27H24ClN3O5. The summed E-state index contributed by atoms with van der Waals surface area (Å²) in [6.45, 7) is 0. The SMILES string of the molecule is COc1ccc([C@@H]2CC(=O)C3=C(C2)Nc2ccccc2N[C@H]3c2cc([N+](=O)[O-])ccc2Cl)cc1OC. The molecule has 2 atom stereocenters. The highest BCUT2D eigenvalue weighted by molar-refractivity contribution is 6.31. The smallest absolute Gasteiger partial charge is 0.269 e. The van der Waals surface area contributed by atoms with Gasteiger partial charge in [0, 0.05) is 40.4 Å². The number of para-hydroxylation sites is 2. The molecule has 1 heterocycles. The van der Waals surface area contributed by atoms with Gasteiger partial charge < -0.3 is 20.1 Å². The lowest BCUT2D eigenvalue weighted by Crippen LogP contribution is -2.27. The fourth-order valence-electron chi connectivity index (χ4n) is 4.93. The maximum absolute atomic E-state index is 13.7. The van der Waals surface area contributed by atoms with Gasteiger partial charge in [-0.05, 0) is 48.2 Å². The van der Waals surface area contributed by atoms with Gasteiger partial charge in [0.1, 0.15) is 0 Å². The van der Waals surface area contributed by atoms with Crippen LogP contribution in [0, 0.1) is 10.1 Å². The molecule has 0 spiro atoms. The zero-order chi connectivity index (χ0) is 25.4. The first kappa shape index (κ1) is 23.7. The number of allylic oxidation sites excluding steroid dienone is 1. The van der Waals surface area contributed by atoms with Crippen molar-refractivity contribution in [3.8, 4) is 11.5 Å². The quantitative estimate of drug-likeness (QED) is 0.312. The summed E-state index contributed by atoms with van der Waals surface area (Å²) in [4.78, 5) is 24.8. The molecule has 0 saturated carbocycles. The van der Waals surface area contributed by atoms with Gasteiger partial charge >= 0.3 is 0 Å². The van der Waals surface area contributed by atoms with Crippen LogP contribution in [0.15, 0.2) is 71.9 Å². The van der Waals surface area contributed by atoms with Crippen molar-refractivity contribution in [2.45, 2.75) is 24.8 Å². The van der Waals surface area contributed by atoms with Gasteiger partial charge in [-0.15, -0.1) is 0 Å². The lowest BCUT2D eigenvalue weighted by Gasteiger charge is -2.30. The van der Waals surface area contributed by atoms with Gasteiger partial charge in [-0.3, -0.25) is 14.9 Å². The van der Waals surface area contributed by atoms with Crippen molar-refractivity contribution in [3.63, 3.8) is 0 Å². The van der Waals surface area contributed by atoms with E-state index in [2.05, 4.69) is 10.6 Å². The van der Waals surface area contributed by atoms with Crippen LogP contribution in [-0.4, -0.2) is 24.9 Å². The predicted octanol–water partition coefficient (Wildman–Crippen LogP) is 6.24. The van der Waals surface area contributed by atoms with Crippen LogP contribution in [0.1, 0.15) is 35.9 Å². The number of halogens is 1. The first-order valence-corrected chi connectivity index (χ1v) is 11.8. The fraction of sp³-hybridized carbons (Fsp3) is 0.222. The molecule has 184 valence electrons. The van der Waals surface area contributed by atoms with Crippen LogP contribution in [0.3, 0.4) is 0 Å². The largest absolute Gasteiger partial charge is 0.493 e.